The molecule has 0 aromatic heterocycles. The van der Waals surface area contributed by atoms with Crippen molar-refractivity contribution in [1.82, 2.24) is 4.31 Å². The number of nitrogens with zero attached hydrogens (tertiary/aromatic N) is 1. The van der Waals surface area contributed by atoms with E-state index in [4.69, 9.17) is 21.1 Å². The monoisotopic (exact) mass is 369 g/mol. The molecule has 0 heterocycles. The molecule has 130 valence electrons. The fourth-order valence-corrected chi connectivity index (χ4v) is 4.05. The standard InChI is InChI=1S/C17H20ClNO4S/c1-12-10-14(18)8-9-16(12)24(20,21)19(2)11-13-6-5-7-15(22-3)17(13)23-4/h5-10H,11H2,1-4H3. The number of aryl methyl sites for hydroxylation is 1. The number of benzene rings is 2. The molecule has 0 unspecified atom stereocenters. The van der Waals surface area contributed by atoms with Crippen molar-refractivity contribution in [3.8, 4) is 11.5 Å². The molecule has 7 heteroatoms. The number of methoxy groups -OCH3 is 2. The smallest absolute Gasteiger partial charge is 0.243 e. The van der Waals surface area contributed by atoms with Crippen LogP contribution in [0.15, 0.2) is 41.3 Å². The van der Waals surface area contributed by atoms with E-state index >= 15 is 0 Å². The van der Waals surface area contributed by atoms with Crippen LogP contribution in [0.2, 0.25) is 5.02 Å². The summed E-state index contributed by atoms with van der Waals surface area (Å²) in [5.41, 5.74) is 1.32. The highest BCUT2D eigenvalue weighted by molar-refractivity contribution is 7.89. The summed E-state index contributed by atoms with van der Waals surface area (Å²) in [7, 11) is 0.947. The summed E-state index contributed by atoms with van der Waals surface area (Å²) in [5, 5.41) is 0.503. The summed E-state index contributed by atoms with van der Waals surface area (Å²) >= 11 is 5.91. The van der Waals surface area contributed by atoms with Crippen molar-refractivity contribution in [2.75, 3.05) is 21.3 Å². The van der Waals surface area contributed by atoms with Gasteiger partial charge in [-0.2, -0.15) is 4.31 Å². The Morgan fingerprint density at radius 1 is 1.12 bits per heavy atom. The van der Waals surface area contributed by atoms with Gasteiger partial charge in [0.1, 0.15) is 0 Å². The number of para-hydroxylation sites is 1. The van der Waals surface area contributed by atoms with Gasteiger partial charge in [-0.05, 0) is 36.8 Å². The van der Waals surface area contributed by atoms with Gasteiger partial charge in [-0.3, -0.25) is 0 Å². The highest BCUT2D eigenvalue weighted by Crippen LogP contribution is 2.32. The largest absolute Gasteiger partial charge is 0.493 e. The Balaban J connectivity index is 2.37. The van der Waals surface area contributed by atoms with Gasteiger partial charge in [0.05, 0.1) is 19.1 Å². The second-order valence-corrected chi connectivity index (χ2v) is 7.77. The number of rotatable bonds is 6. The van der Waals surface area contributed by atoms with Crippen molar-refractivity contribution in [3.63, 3.8) is 0 Å². The first-order chi connectivity index (χ1) is 11.3. The molecule has 5 nitrogen and oxygen atoms in total. The lowest BCUT2D eigenvalue weighted by Crippen LogP contribution is -2.27. The quantitative estimate of drug-likeness (QED) is 0.782. The summed E-state index contributed by atoms with van der Waals surface area (Å²) in [6.45, 7) is 1.88. The Labute approximate surface area is 147 Å². The van der Waals surface area contributed by atoms with Gasteiger partial charge in [0.2, 0.25) is 10.0 Å². The summed E-state index contributed by atoms with van der Waals surface area (Å²) in [4.78, 5) is 0.233. The summed E-state index contributed by atoms with van der Waals surface area (Å²) < 4.78 is 37.6. The first kappa shape index (κ1) is 18.6. The van der Waals surface area contributed by atoms with Crippen LogP contribution in [0, 0.1) is 6.92 Å². The molecular formula is C17H20ClNO4S. The third-order valence-corrected chi connectivity index (χ3v) is 5.90. The average molecular weight is 370 g/mol. The molecule has 2 rings (SSSR count). The number of hydrogen-bond acceptors (Lipinski definition) is 4. The third kappa shape index (κ3) is 3.66. The number of halogens is 1. The fourth-order valence-electron chi connectivity index (χ4n) is 2.47. The van der Waals surface area contributed by atoms with Crippen molar-refractivity contribution in [1.29, 1.82) is 0 Å². The van der Waals surface area contributed by atoms with E-state index < -0.39 is 10.0 Å². The first-order valence-corrected chi connectivity index (χ1v) is 9.05. The van der Waals surface area contributed by atoms with Crippen molar-refractivity contribution in [3.05, 3.63) is 52.5 Å². The molecule has 0 spiro atoms. The molecule has 0 radical (unpaired) electrons. The maximum Gasteiger partial charge on any atom is 0.243 e. The number of sulfonamides is 1. The molecule has 0 aliphatic heterocycles. The summed E-state index contributed by atoms with van der Waals surface area (Å²) in [5.74, 6) is 1.08. The van der Waals surface area contributed by atoms with Gasteiger partial charge in [-0.15, -0.1) is 0 Å². The molecule has 0 amide bonds. The predicted molar refractivity (Wildman–Crippen MR) is 94.4 cm³/mol. The SMILES string of the molecule is COc1cccc(CN(C)S(=O)(=O)c2ccc(Cl)cc2C)c1OC. The molecule has 0 bridgehead atoms. The highest BCUT2D eigenvalue weighted by Gasteiger charge is 2.24. The predicted octanol–water partition coefficient (Wildman–Crippen LogP) is 3.49. The molecular weight excluding hydrogens is 350 g/mol. The Bertz CT molecular complexity index is 836. The highest BCUT2D eigenvalue weighted by atomic mass is 35.5. The third-order valence-electron chi connectivity index (χ3n) is 3.70. The second kappa shape index (κ2) is 7.42. The zero-order chi connectivity index (χ0) is 17.9. The van der Waals surface area contributed by atoms with Crippen LogP contribution in [0.4, 0.5) is 0 Å². The minimum absolute atomic E-state index is 0.158. The van der Waals surface area contributed by atoms with Gasteiger partial charge in [0.25, 0.3) is 0 Å². The first-order valence-electron chi connectivity index (χ1n) is 7.23. The van der Waals surface area contributed by atoms with Gasteiger partial charge in [-0.25, -0.2) is 8.42 Å². The zero-order valence-corrected chi connectivity index (χ0v) is 15.6. The van der Waals surface area contributed by atoms with Crippen molar-refractivity contribution >= 4 is 21.6 Å². The van der Waals surface area contributed by atoms with Crippen LogP contribution in [0.5, 0.6) is 11.5 Å². The Kier molecular flexibility index (Phi) is 5.74. The lowest BCUT2D eigenvalue weighted by atomic mass is 10.2. The summed E-state index contributed by atoms with van der Waals surface area (Å²) in [6.07, 6.45) is 0. The Morgan fingerprint density at radius 2 is 1.83 bits per heavy atom. The van der Waals surface area contributed by atoms with E-state index in [0.717, 1.165) is 5.56 Å². The molecule has 0 saturated carbocycles. The molecule has 2 aromatic rings. The van der Waals surface area contributed by atoms with Crippen LogP contribution >= 0.6 is 11.6 Å². The normalized spacial score (nSPS) is 11.6. The van der Waals surface area contributed by atoms with Crippen LogP contribution in [-0.4, -0.2) is 34.0 Å². The molecule has 24 heavy (non-hydrogen) atoms. The van der Waals surface area contributed by atoms with E-state index in [-0.39, 0.29) is 11.4 Å². The molecule has 0 atom stereocenters. The molecule has 0 fully saturated rings. The van der Waals surface area contributed by atoms with Crippen LogP contribution in [0.1, 0.15) is 11.1 Å². The van der Waals surface area contributed by atoms with E-state index in [9.17, 15) is 8.42 Å². The molecule has 0 aliphatic carbocycles. The lowest BCUT2D eigenvalue weighted by Gasteiger charge is -2.20. The average Bonchev–Trinajstić information content (AvgIpc) is 2.54. The van der Waals surface area contributed by atoms with E-state index in [1.165, 1.54) is 24.5 Å². The van der Waals surface area contributed by atoms with Crippen LogP contribution in [0.25, 0.3) is 0 Å². The molecule has 0 N–H and O–H groups in total. The minimum atomic E-state index is -3.65. The van der Waals surface area contributed by atoms with Gasteiger partial charge in [0.15, 0.2) is 11.5 Å². The van der Waals surface area contributed by atoms with E-state index in [0.29, 0.717) is 22.1 Å². The number of hydrogen-bond donors (Lipinski definition) is 0. The minimum Gasteiger partial charge on any atom is -0.493 e. The fraction of sp³-hybridized carbons (Fsp3) is 0.294. The van der Waals surface area contributed by atoms with Crippen LogP contribution in [0.3, 0.4) is 0 Å². The van der Waals surface area contributed by atoms with Crippen LogP contribution < -0.4 is 9.47 Å². The maximum absolute atomic E-state index is 12.8. The van der Waals surface area contributed by atoms with Crippen molar-refractivity contribution in [2.24, 2.45) is 0 Å². The van der Waals surface area contributed by atoms with E-state index in [1.807, 2.05) is 6.07 Å². The maximum atomic E-state index is 12.8. The zero-order valence-electron chi connectivity index (χ0n) is 14.0. The second-order valence-electron chi connectivity index (χ2n) is 5.32. The molecule has 2 aromatic carbocycles. The molecule has 0 aliphatic rings. The summed E-state index contributed by atoms with van der Waals surface area (Å²) in [6, 6.07) is 10.1. The van der Waals surface area contributed by atoms with Crippen molar-refractivity contribution in [2.45, 2.75) is 18.4 Å². The van der Waals surface area contributed by atoms with Gasteiger partial charge in [0, 0.05) is 24.2 Å². The van der Waals surface area contributed by atoms with Gasteiger partial charge >= 0.3 is 0 Å². The van der Waals surface area contributed by atoms with E-state index in [1.54, 1.807) is 38.3 Å². The van der Waals surface area contributed by atoms with E-state index in [2.05, 4.69) is 0 Å². The topological polar surface area (TPSA) is 55.8 Å². The Hall–Kier alpha value is -1.76. The van der Waals surface area contributed by atoms with Crippen molar-refractivity contribution < 1.29 is 17.9 Å². The Morgan fingerprint density at radius 3 is 2.42 bits per heavy atom. The van der Waals surface area contributed by atoms with Crippen LogP contribution in [-0.2, 0) is 16.6 Å². The van der Waals surface area contributed by atoms with Gasteiger partial charge < -0.3 is 9.47 Å². The van der Waals surface area contributed by atoms with Gasteiger partial charge in [-0.1, -0.05) is 23.7 Å². The lowest BCUT2D eigenvalue weighted by molar-refractivity contribution is 0.347. The number of ether oxygens (including phenoxy) is 2. The molecule has 0 saturated heterocycles.